The van der Waals surface area contributed by atoms with Crippen LogP contribution >= 0.6 is 0 Å². The quantitative estimate of drug-likeness (QED) is 0.251. The summed E-state index contributed by atoms with van der Waals surface area (Å²) in [5.41, 5.74) is 4.36. The van der Waals surface area contributed by atoms with Crippen LogP contribution in [0.25, 0.3) is 11.1 Å². The highest BCUT2D eigenvalue weighted by Gasteiger charge is 2.30. The highest BCUT2D eigenvalue weighted by Crippen LogP contribution is 2.47. The zero-order valence-electron chi connectivity index (χ0n) is 23.9. The molecule has 40 heavy (non-hydrogen) atoms. The van der Waals surface area contributed by atoms with Crippen LogP contribution in [0.15, 0.2) is 66.7 Å². The van der Waals surface area contributed by atoms with Crippen molar-refractivity contribution in [3.63, 3.8) is 0 Å². The maximum absolute atomic E-state index is 12.5. The summed E-state index contributed by atoms with van der Waals surface area (Å²) in [5, 5.41) is 9.90. The summed E-state index contributed by atoms with van der Waals surface area (Å²) >= 11 is 0. The number of carbonyl (C=O) groups is 1. The summed E-state index contributed by atoms with van der Waals surface area (Å²) in [6.45, 7) is 11.5. The number of esters is 1. The number of carbonyl (C=O) groups excluding carboxylic acids is 1. The van der Waals surface area contributed by atoms with Gasteiger partial charge in [-0.25, -0.2) is 0 Å². The van der Waals surface area contributed by atoms with E-state index in [1.165, 1.54) is 19.3 Å². The number of aromatic hydroxyl groups is 1. The van der Waals surface area contributed by atoms with Crippen LogP contribution in [0.4, 0.5) is 0 Å². The lowest BCUT2D eigenvalue weighted by Crippen LogP contribution is -2.33. The molecule has 6 heteroatoms. The van der Waals surface area contributed by atoms with Gasteiger partial charge in [-0.1, -0.05) is 30.7 Å². The number of fused-ring (bicyclic) bond motifs is 1. The average molecular weight is 542 g/mol. The Morgan fingerprint density at radius 1 is 0.950 bits per heavy atom. The van der Waals surface area contributed by atoms with Crippen molar-refractivity contribution in [2.75, 3.05) is 26.2 Å². The van der Waals surface area contributed by atoms with Crippen LogP contribution in [-0.4, -0.2) is 42.2 Å². The van der Waals surface area contributed by atoms with Gasteiger partial charge < -0.3 is 19.3 Å². The van der Waals surface area contributed by atoms with E-state index in [4.69, 9.17) is 14.2 Å². The van der Waals surface area contributed by atoms with Gasteiger partial charge in [0.25, 0.3) is 0 Å². The number of hydrogen-bond donors (Lipinski definition) is 1. The van der Waals surface area contributed by atoms with Crippen LogP contribution < -0.4 is 14.2 Å². The smallest absolute Gasteiger partial charge is 0.316 e. The first-order valence-corrected chi connectivity index (χ1v) is 14.2. The number of piperidine rings is 1. The molecule has 3 aromatic carbocycles. The Hall–Kier alpha value is -3.77. The van der Waals surface area contributed by atoms with Gasteiger partial charge in [-0.3, -0.25) is 9.69 Å². The lowest BCUT2D eigenvalue weighted by molar-refractivity contribution is -0.143. The second kappa shape index (κ2) is 11.8. The molecular weight excluding hydrogens is 502 g/mol. The summed E-state index contributed by atoms with van der Waals surface area (Å²) in [7, 11) is 0. The molecule has 0 spiro atoms. The Morgan fingerprint density at radius 2 is 1.62 bits per heavy atom. The molecule has 3 aromatic rings. The molecule has 2 aliphatic heterocycles. The fraction of sp³-hybridized carbons (Fsp3) is 0.382. The summed E-state index contributed by atoms with van der Waals surface area (Å²) in [6, 6.07) is 20.8. The Labute approximate surface area is 237 Å². The van der Waals surface area contributed by atoms with Crippen LogP contribution in [-0.2, 0) is 4.79 Å². The monoisotopic (exact) mass is 541 g/mol. The second-order valence-corrected chi connectivity index (χ2v) is 11.7. The number of nitrogens with zero attached hydrogens (tertiary/aromatic N) is 1. The van der Waals surface area contributed by atoms with Gasteiger partial charge in [0.2, 0.25) is 0 Å². The maximum atomic E-state index is 12.5. The average Bonchev–Trinajstić information content (AvgIpc) is 2.94. The van der Waals surface area contributed by atoms with E-state index in [1.807, 2.05) is 63.2 Å². The van der Waals surface area contributed by atoms with Crippen molar-refractivity contribution in [3.05, 3.63) is 83.4 Å². The van der Waals surface area contributed by atoms with Crippen LogP contribution in [0.2, 0.25) is 0 Å². The van der Waals surface area contributed by atoms with E-state index in [9.17, 15) is 9.90 Å². The van der Waals surface area contributed by atoms with Crippen LogP contribution in [0.3, 0.4) is 0 Å². The number of rotatable bonds is 7. The number of allylic oxidation sites excluding steroid dienone is 1. The summed E-state index contributed by atoms with van der Waals surface area (Å²) in [6.07, 6.45) is 3.48. The van der Waals surface area contributed by atoms with Crippen LogP contribution in [0, 0.1) is 5.41 Å². The minimum Gasteiger partial charge on any atom is -0.508 e. The summed E-state index contributed by atoms with van der Waals surface area (Å²) in [4.78, 5) is 15.0. The molecule has 2 heterocycles. The number of ether oxygens (including phenoxy) is 3. The van der Waals surface area contributed by atoms with Crippen molar-refractivity contribution in [1.82, 2.24) is 4.90 Å². The molecule has 0 amide bonds. The molecule has 5 rings (SSSR count). The fourth-order valence-corrected chi connectivity index (χ4v) is 5.22. The molecule has 210 valence electrons. The van der Waals surface area contributed by atoms with Gasteiger partial charge in [-0.05, 0) is 107 Å². The van der Waals surface area contributed by atoms with Crippen molar-refractivity contribution in [2.45, 2.75) is 53.1 Å². The van der Waals surface area contributed by atoms with E-state index >= 15 is 0 Å². The number of phenolic OH excluding ortho intramolecular Hbond substituents is 1. The van der Waals surface area contributed by atoms with Crippen molar-refractivity contribution < 1.29 is 24.1 Å². The number of hydrogen-bond acceptors (Lipinski definition) is 6. The third-order valence-corrected chi connectivity index (χ3v) is 7.58. The van der Waals surface area contributed by atoms with E-state index in [2.05, 4.69) is 11.8 Å². The molecule has 1 unspecified atom stereocenters. The molecule has 0 aromatic heterocycles. The lowest BCUT2D eigenvalue weighted by atomic mass is 9.86. The Kier molecular flexibility index (Phi) is 8.17. The first-order valence-electron chi connectivity index (χ1n) is 14.2. The van der Waals surface area contributed by atoms with E-state index in [0.717, 1.165) is 53.2 Å². The predicted molar refractivity (Wildman–Crippen MR) is 158 cm³/mol. The highest BCUT2D eigenvalue weighted by molar-refractivity contribution is 5.95. The molecule has 0 saturated carbocycles. The largest absolute Gasteiger partial charge is 0.508 e. The first-order chi connectivity index (χ1) is 19.2. The van der Waals surface area contributed by atoms with Gasteiger partial charge in [0.15, 0.2) is 0 Å². The Balaban J connectivity index is 1.41. The Morgan fingerprint density at radius 3 is 2.30 bits per heavy atom. The normalized spacial score (nSPS) is 17.6. The van der Waals surface area contributed by atoms with Crippen LogP contribution in [0.1, 0.15) is 69.8 Å². The SMILES string of the molecule is CC1=C(c2ccc(O)cc2)C(c2ccc(OCCN3CCCCC3)cc2)Oc2cc(OC(=O)C(C)(C)C)ccc21. The highest BCUT2D eigenvalue weighted by atomic mass is 16.5. The van der Waals surface area contributed by atoms with Gasteiger partial charge in [0.05, 0.1) is 5.41 Å². The molecule has 1 fully saturated rings. The van der Waals surface area contributed by atoms with E-state index in [1.54, 1.807) is 24.3 Å². The zero-order chi connectivity index (χ0) is 28.3. The summed E-state index contributed by atoms with van der Waals surface area (Å²) in [5.74, 6) is 1.86. The molecule has 2 aliphatic rings. The molecule has 6 nitrogen and oxygen atoms in total. The van der Waals surface area contributed by atoms with Crippen molar-refractivity contribution in [1.29, 1.82) is 0 Å². The predicted octanol–water partition coefficient (Wildman–Crippen LogP) is 7.27. The number of likely N-dealkylation sites (tertiary alicyclic amines) is 1. The van der Waals surface area contributed by atoms with Gasteiger partial charge >= 0.3 is 5.97 Å². The van der Waals surface area contributed by atoms with Crippen molar-refractivity contribution in [3.8, 4) is 23.0 Å². The number of phenols is 1. The third kappa shape index (κ3) is 6.34. The first kappa shape index (κ1) is 27.8. The van der Waals surface area contributed by atoms with Gasteiger partial charge in [-0.2, -0.15) is 0 Å². The zero-order valence-corrected chi connectivity index (χ0v) is 23.9. The van der Waals surface area contributed by atoms with E-state index in [-0.39, 0.29) is 11.7 Å². The molecule has 1 N–H and O–H groups in total. The fourth-order valence-electron chi connectivity index (χ4n) is 5.22. The number of benzene rings is 3. The van der Waals surface area contributed by atoms with Crippen molar-refractivity contribution >= 4 is 17.1 Å². The molecule has 1 saturated heterocycles. The third-order valence-electron chi connectivity index (χ3n) is 7.58. The summed E-state index contributed by atoms with van der Waals surface area (Å²) < 4.78 is 18.4. The maximum Gasteiger partial charge on any atom is 0.316 e. The Bertz CT molecular complexity index is 1360. The van der Waals surface area contributed by atoms with Crippen LogP contribution in [0.5, 0.6) is 23.0 Å². The topological polar surface area (TPSA) is 68.2 Å². The molecule has 0 radical (unpaired) electrons. The van der Waals surface area contributed by atoms with Crippen molar-refractivity contribution in [2.24, 2.45) is 5.41 Å². The standard InChI is InChI=1S/C34H39NO5/c1-23-29-17-16-28(39-33(37)34(2,3)4)22-30(29)40-32(31(23)24-8-12-26(36)13-9-24)25-10-14-27(15-11-25)38-21-20-35-18-6-5-7-19-35/h8-17,22,32,36H,5-7,18-21H2,1-4H3. The van der Waals surface area contributed by atoms with Gasteiger partial charge in [0.1, 0.15) is 35.7 Å². The van der Waals surface area contributed by atoms with Gasteiger partial charge in [-0.15, -0.1) is 0 Å². The molecule has 0 aliphatic carbocycles. The molecule has 1 atom stereocenters. The minimum atomic E-state index is -0.612. The van der Waals surface area contributed by atoms with E-state index < -0.39 is 11.5 Å². The van der Waals surface area contributed by atoms with Gasteiger partial charge in [0, 0.05) is 23.7 Å². The van der Waals surface area contributed by atoms with E-state index in [0.29, 0.717) is 18.1 Å². The lowest BCUT2D eigenvalue weighted by Gasteiger charge is -2.31. The second-order valence-electron chi connectivity index (χ2n) is 11.7. The molecule has 0 bridgehead atoms. The minimum absolute atomic E-state index is 0.215. The molecular formula is C34H39NO5.